The molecule has 0 aliphatic rings. The van der Waals surface area contributed by atoms with E-state index in [1.165, 1.54) is 19.2 Å². The molecule has 2 aromatic carbocycles. The second-order valence-electron chi connectivity index (χ2n) is 6.77. The second kappa shape index (κ2) is 8.78. The first-order valence-electron chi connectivity index (χ1n) is 9.46. The van der Waals surface area contributed by atoms with Gasteiger partial charge in [-0.1, -0.05) is 0 Å². The Morgan fingerprint density at radius 2 is 1.81 bits per heavy atom. The van der Waals surface area contributed by atoms with Gasteiger partial charge < -0.3 is 15.8 Å². The van der Waals surface area contributed by atoms with Crippen molar-refractivity contribution in [1.29, 1.82) is 0 Å². The number of carbonyl (C=O) groups excluding carboxylic acids is 3. The topological polar surface area (TPSA) is 116 Å². The molecule has 3 aromatic rings. The van der Waals surface area contributed by atoms with Gasteiger partial charge in [-0.25, -0.2) is 13.9 Å². The lowest BCUT2D eigenvalue weighted by atomic mass is 10.1. The van der Waals surface area contributed by atoms with Gasteiger partial charge in [0.1, 0.15) is 11.4 Å². The zero-order valence-electron chi connectivity index (χ0n) is 17.2. The minimum atomic E-state index is -0.796. The molecule has 1 aromatic heterocycles. The third-order valence-corrected chi connectivity index (χ3v) is 4.76. The minimum Gasteiger partial charge on any atom is -0.462 e. The van der Waals surface area contributed by atoms with Crippen LogP contribution in [0.4, 0.5) is 10.1 Å². The van der Waals surface area contributed by atoms with E-state index >= 15 is 0 Å². The fraction of sp³-hybridized carbons (Fsp3) is 0.182. The summed E-state index contributed by atoms with van der Waals surface area (Å²) >= 11 is 0. The van der Waals surface area contributed by atoms with Crippen molar-refractivity contribution in [2.45, 2.75) is 20.8 Å². The maximum absolute atomic E-state index is 14.0. The van der Waals surface area contributed by atoms with Crippen LogP contribution in [0, 0.1) is 19.7 Å². The van der Waals surface area contributed by atoms with Crippen LogP contribution in [0.15, 0.2) is 42.6 Å². The Labute approximate surface area is 177 Å². The lowest BCUT2D eigenvalue weighted by Crippen LogP contribution is -2.16. The van der Waals surface area contributed by atoms with Crippen molar-refractivity contribution < 1.29 is 23.5 Å². The summed E-state index contributed by atoms with van der Waals surface area (Å²) in [6, 6.07) is 8.82. The van der Waals surface area contributed by atoms with Crippen molar-refractivity contribution in [3.63, 3.8) is 0 Å². The monoisotopic (exact) mass is 424 g/mol. The van der Waals surface area contributed by atoms with Crippen LogP contribution >= 0.6 is 0 Å². The van der Waals surface area contributed by atoms with Crippen LogP contribution in [0.25, 0.3) is 5.69 Å². The number of primary amides is 1. The largest absolute Gasteiger partial charge is 0.462 e. The molecule has 0 atom stereocenters. The van der Waals surface area contributed by atoms with Crippen molar-refractivity contribution in [3.8, 4) is 5.69 Å². The quantitative estimate of drug-likeness (QED) is 0.590. The summed E-state index contributed by atoms with van der Waals surface area (Å²) in [5.41, 5.74) is 7.42. The molecule has 2 amide bonds. The first-order chi connectivity index (χ1) is 14.7. The number of carbonyl (C=O) groups is 3. The normalized spacial score (nSPS) is 10.6. The molecule has 0 saturated carbocycles. The van der Waals surface area contributed by atoms with Crippen molar-refractivity contribution in [3.05, 3.63) is 76.4 Å². The molecular formula is C22H21FN4O4. The fourth-order valence-electron chi connectivity index (χ4n) is 2.98. The molecule has 160 valence electrons. The van der Waals surface area contributed by atoms with Gasteiger partial charge in [0.15, 0.2) is 0 Å². The van der Waals surface area contributed by atoms with Crippen LogP contribution in [-0.2, 0) is 4.74 Å². The molecule has 9 heteroatoms. The second-order valence-corrected chi connectivity index (χ2v) is 6.77. The first-order valence-corrected chi connectivity index (χ1v) is 9.46. The number of hydrogen-bond acceptors (Lipinski definition) is 5. The van der Waals surface area contributed by atoms with E-state index in [0.29, 0.717) is 22.5 Å². The highest BCUT2D eigenvalue weighted by atomic mass is 19.1. The number of ether oxygens (including phenoxy) is 1. The van der Waals surface area contributed by atoms with Gasteiger partial charge in [-0.05, 0) is 57.2 Å². The van der Waals surface area contributed by atoms with E-state index in [9.17, 15) is 18.8 Å². The minimum absolute atomic E-state index is 0.0414. The highest BCUT2D eigenvalue weighted by Crippen LogP contribution is 2.22. The maximum atomic E-state index is 14.0. The highest BCUT2D eigenvalue weighted by Gasteiger charge is 2.17. The number of nitrogens with zero attached hydrogens (tertiary/aromatic N) is 2. The molecule has 8 nitrogen and oxygen atoms in total. The Hall–Kier alpha value is -4.01. The Kier molecular flexibility index (Phi) is 6.15. The van der Waals surface area contributed by atoms with Gasteiger partial charge in [-0.3, -0.25) is 9.59 Å². The third-order valence-electron chi connectivity index (χ3n) is 4.76. The molecular weight excluding hydrogens is 403 g/mol. The Morgan fingerprint density at radius 1 is 1.13 bits per heavy atom. The van der Waals surface area contributed by atoms with Gasteiger partial charge in [0, 0.05) is 22.4 Å². The Bertz CT molecular complexity index is 1170. The molecule has 0 fully saturated rings. The number of hydrogen-bond donors (Lipinski definition) is 2. The van der Waals surface area contributed by atoms with Crippen LogP contribution < -0.4 is 11.1 Å². The van der Waals surface area contributed by atoms with E-state index in [1.807, 2.05) is 0 Å². The van der Waals surface area contributed by atoms with Crippen LogP contribution in [0.2, 0.25) is 0 Å². The molecule has 3 N–H and O–H groups in total. The fourth-order valence-corrected chi connectivity index (χ4v) is 2.98. The van der Waals surface area contributed by atoms with Crippen LogP contribution in [0.1, 0.15) is 49.3 Å². The van der Waals surface area contributed by atoms with Crippen molar-refractivity contribution >= 4 is 23.5 Å². The van der Waals surface area contributed by atoms with Gasteiger partial charge in [0.2, 0.25) is 5.91 Å². The number of amides is 2. The molecule has 0 aliphatic carbocycles. The number of aromatic nitrogens is 2. The lowest BCUT2D eigenvalue weighted by Gasteiger charge is -2.11. The summed E-state index contributed by atoms with van der Waals surface area (Å²) < 4.78 is 20.6. The number of nitrogens with one attached hydrogen (secondary N) is 1. The summed E-state index contributed by atoms with van der Waals surface area (Å²) in [6.07, 6.45) is 1.43. The van der Waals surface area contributed by atoms with Gasteiger partial charge in [0.05, 0.1) is 24.2 Å². The molecule has 0 saturated heterocycles. The highest BCUT2D eigenvalue weighted by molar-refractivity contribution is 6.05. The number of esters is 1. The molecule has 0 aliphatic heterocycles. The summed E-state index contributed by atoms with van der Waals surface area (Å²) in [6.45, 7) is 5.21. The number of halogens is 1. The third kappa shape index (κ3) is 4.45. The number of nitrogens with two attached hydrogens (primary N) is 1. The zero-order chi connectivity index (χ0) is 22.7. The van der Waals surface area contributed by atoms with E-state index in [4.69, 9.17) is 10.5 Å². The van der Waals surface area contributed by atoms with Crippen LogP contribution in [0.3, 0.4) is 0 Å². The van der Waals surface area contributed by atoms with Gasteiger partial charge >= 0.3 is 5.97 Å². The predicted octanol–water partition coefficient (Wildman–Crippen LogP) is 3.16. The molecule has 0 spiro atoms. The summed E-state index contributed by atoms with van der Waals surface area (Å²) in [5, 5.41) is 6.80. The zero-order valence-corrected chi connectivity index (χ0v) is 17.2. The molecule has 0 unspecified atom stereocenters. The van der Waals surface area contributed by atoms with Crippen LogP contribution in [-0.4, -0.2) is 34.2 Å². The lowest BCUT2D eigenvalue weighted by molar-refractivity contribution is 0.0525. The van der Waals surface area contributed by atoms with Gasteiger partial charge in [-0.15, -0.1) is 0 Å². The van der Waals surface area contributed by atoms with E-state index in [2.05, 4.69) is 10.4 Å². The SMILES string of the molecule is CCOC(=O)c1cnn(-c2ccc(C(=O)Nc3cc(C(N)=O)cc(F)c3C)cc2)c1C. The summed E-state index contributed by atoms with van der Waals surface area (Å²) in [7, 11) is 0. The Balaban J connectivity index is 1.82. The Morgan fingerprint density at radius 3 is 2.42 bits per heavy atom. The van der Waals surface area contributed by atoms with E-state index < -0.39 is 23.6 Å². The first kappa shape index (κ1) is 21.7. The molecule has 3 rings (SSSR count). The van der Waals surface area contributed by atoms with E-state index in [1.54, 1.807) is 42.8 Å². The van der Waals surface area contributed by atoms with E-state index in [0.717, 1.165) is 6.07 Å². The van der Waals surface area contributed by atoms with E-state index in [-0.39, 0.29) is 23.4 Å². The maximum Gasteiger partial charge on any atom is 0.341 e. The van der Waals surface area contributed by atoms with Gasteiger partial charge in [0.25, 0.3) is 5.91 Å². The summed E-state index contributed by atoms with van der Waals surface area (Å²) in [4.78, 5) is 35.9. The average Bonchev–Trinajstić information content (AvgIpc) is 3.12. The van der Waals surface area contributed by atoms with Gasteiger partial charge in [-0.2, -0.15) is 5.10 Å². The molecule has 0 radical (unpaired) electrons. The molecule has 0 bridgehead atoms. The van der Waals surface area contributed by atoms with Crippen molar-refractivity contribution in [1.82, 2.24) is 9.78 Å². The standard InChI is InChI=1S/C22H21FN4O4/c1-4-31-22(30)17-11-25-27(13(17)3)16-7-5-14(6-8-16)21(29)26-19-10-15(20(24)28)9-18(23)12(19)2/h5-11H,4H2,1-3H3,(H2,24,28)(H,26,29). The molecule has 1 heterocycles. The molecule has 31 heavy (non-hydrogen) atoms. The number of benzene rings is 2. The predicted molar refractivity (Wildman–Crippen MR) is 112 cm³/mol. The summed E-state index contributed by atoms with van der Waals surface area (Å²) in [5.74, 6) is -2.38. The van der Waals surface area contributed by atoms with Crippen molar-refractivity contribution in [2.24, 2.45) is 5.73 Å². The number of anilines is 1. The van der Waals surface area contributed by atoms with Crippen LogP contribution in [0.5, 0.6) is 0 Å². The average molecular weight is 424 g/mol. The smallest absolute Gasteiger partial charge is 0.341 e. The number of rotatable bonds is 6. The van der Waals surface area contributed by atoms with Crippen molar-refractivity contribution in [2.75, 3.05) is 11.9 Å².